The molecule has 1 aromatic heterocycles. The number of nitrogens with one attached hydrogen (secondary N) is 1. The summed E-state index contributed by atoms with van der Waals surface area (Å²) in [6.07, 6.45) is 0. The van der Waals surface area contributed by atoms with Crippen molar-refractivity contribution < 1.29 is 4.74 Å². The van der Waals surface area contributed by atoms with Gasteiger partial charge in [0.15, 0.2) is 5.82 Å². The van der Waals surface area contributed by atoms with Crippen LogP contribution in [0.3, 0.4) is 0 Å². The number of hydrogen-bond donors (Lipinski definition) is 1. The first-order valence-electron chi connectivity index (χ1n) is 7.84. The molecule has 0 saturated heterocycles. The van der Waals surface area contributed by atoms with Crippen molar-refractivity contribution in [2.24, 2.45) is 11.8 Å². The Bertz CT molecular complexity index is 411. The normalized spacial score (nSPS) is 11.2. The molecule has 0 spiro atoms. The fourth-order valence-electron chi connectivity index (χ4n) is 2.17. The van der Waals surface area contributed by atoms with Gasteiger partial charge in [-0.2, -0.15) is 0 Å². The summed E-state index contributed by atoms with van der Waals surface area (Å²) in [6, 6.07) is 2.01. The summed E-state index contributed by atoms with van der Waals surface area (Å²) in [5.74, 6) is 3.73. The van der Waals surface area contributed by atoms with E-state index in [2.05, 4.69) is 47.9 Å². The molecule has 21 heavy (non-hydrogen) atoms. The van der Waals surface area contributed by atoms with E-state index >= 15 is 0 Å². The molecule has 5 heteroatoms. The van der Waals surface area contributed by atoms with Gasteiger partial charge in [0.2, 0.25) is 0 Å². The van der Waals surface area contributed by atoms with Crippen LogP contribution in [0.15, 0.2) is 6.07 Å². The molecule has 0 aliphatic carbocycles. The molecule has 1 aromatic rings. The Balaban J connectivity index is 3.03. The number of rotatable bonds is 9. The van der Waals surface area contributed by atoms with Crippen molar-refractivity contribution in [3.8, 4) is 0 Å². The maximum atomic E-state index is 5.44. The highest BCUT2D eigenvalue weighted by atomic mass is 16.5. The van der Waals surface area contributed by atoms with Crippen molar-refractivity contribution in [2.75, 3.05) is 37.0 Å². The third-order valence-corrected chi connectivity index (χ3v) is 2.95. The lowest BCUT2D eigenvalue weighted by atomic mass is 10.1. The Morgan fingerprint density at radius 2 is 1.76 bits per heavy atom. The average molecular weight is 294 g/mol. The van der Waals surface area contributed by atoms with Crippen molar-refractivity contribution in [2.45, 2.75) is 41.2 Å². The second-order valence-electron chi connectivity index (χ2n) is 6.11. The summed E-state index contributed by atoms with van der Waals surface area (Å²) < 4.78 is 5.44. The number of anilines is 2. The molecule has 0 aliphatic rings. The molecule has 0 amide bonds. The third kappa shape index (κ3) is 6.29. The van der Waals surface area contributed by atoms with Gasteiger partial charge in [0.05, 0.1) is 0 Å². The van der Waals surface area contributed by atoms with Gasteiger partial charge in [-0.15, -0.1) is 0 Å². The Morgan fingerprint density at radius 1 is 1.14 bits per heavy atom. The van der Waals surface area contributed by atoms with E-state index in [1.165, 1.54) is 0 Å². The molecule has 0 unspecified atom stereocenters. The number of nitrogens with zero attached hydrogens (tertiary/aromatic N) is 3. The van der Waals surface area contributed by atoms with Crippen LogP contribution < -0.4 is 10.2 Å². The maximum Gasteiger partial charge on any atom is 0.158 e. The number of ether oxygens (including phenoxy) is 1. The Hall–Kier alpha value is -1.36. The molecule has 1 heterocycles. The van der Waals surface area contributed by atoms with E-state index in [9.17, 15) is 0 Å². The molecule has 0 radical (unpaired) electrons. The minimum absolute atomic E-state index is 0.455. The topological polar surface area (TPSA) is 50.3 Å². The zero-order valence-corrected chi connectivity index (χ0v) is 14.3. The van der Waals surface area contributed by atoms with Crippen molar-refractivity contribution in [1.82, 2.24) is 9.97 Å². The summed E-state index contributed by atoms with van der Waals surface area (Å²) >= 11 is 0. The van der Waals surface area contributed by atoms with Crippen molar-refractivity contribution in [1.29, 1.82) is 0 Å². The minimum atomic E-state index is 0.455. The lowest BCUT2D eigenvalue weighted by Crippen LogP contribution is -2.32. The van der Waals surface area contributed by atoms with E-state index in [1.54, 1.807) is 0 Å². The fourth-order valence-corrected chi connectivity index (χ4v) is 2.17. The molecule has 0 saturated carbocycles. The van der Waals surface area contributed by atoms with E-state index in [-0.39, 0.29) is 0 Å². The Kier molecular flexibility index (Phi) is 7.43. The zero-order valence-electron chi connectivity index (χ0n) is 14.3. The quantitative estimate of drug-likeness (QED) is 0.758. The van der Waals surface area contributed by atoms with E-state index in [0.717, 1.165) is 30.5 Å². The van der Waals surface area contributed by atoms with E-state index < -0.39 is 0 Å². The highest BCUT2D eigenvalue weighted by Gasteiger charge is 2.14. The number of aromatic nitrogens is 2. The third-order valence-electron chi connectivity index (χ3n) is 2.95. The Labute approximate surface area is 129 Å². The highest BCUT2D eigenvalue weighted by Crippen LogP contribution is 2.19. The summed E-state index contributed by atoms with van der Waals surface area (Å²) in [4.78, 5) is 11.5. The van der Waals surface area contributed by atoms with Crippen molar-refractivity contribution in [3.05, 3.63) is 11.9 Å². The van der Waals surface area contributed by atoms with E-state index in [1.807, 2.05) is 20.0 Å². The predicted molar refractivity (Wildman–Crippen MR) is 88.8 cm³/mol. The maximum absolute atomic E-state index is 5.44. The largest absolute Gasteiger partial charge is 0.374 e. The minimum Gasteiger partial charge on any atom is -0.374 e. The van der Waals surface area contributed by atoms with Gasteiger partial charge < -0.3 is 15.0 Å². The molecule has 0 atom stereocenters. The Morgan fingerprint density at radius 3 is 2.24 bits per heavy atom. The van der Waals surface area contributed by atoms with Crippen LogP contribution in [0.1, 0.15) is 40.4 Å². The van der Waals surface area contributed by atoms with Gasteiger partial charge in [-0.05, 0) is 18.8 Å². The SMILES string of the molecule is CCOCc1nc(NC)cc(N(CC(C)C)CC(C)C)n1. The van der Waals surface area contributed by atoms with Gasteiger partial charge in [-0.25, -0.2) is 9.97 Å². The molecule has 1 N–H and O–H groups in total. The molecular formula is C16H30N4O. The van der Waals surface area contributed by atoms with Crippen LogP contribution in [0.4, 0.5) is 11.6 Å². The second-order valence-corrected chi connectivity index (χ2v) is 6.11. The van der Waals surface area contributed by atoms with Crippen LogP contribution in [0.2, 0.25) is 0 Å². The summed E-state index contributed by atoms with van der Waals surface area (Å²) in [7, 11) is 1.88. The van der Waals surface area contributed by atoms with E-state index in [4.69, 9.17) is 4.74 Å². The molecule has 0 bridgehead atoms. The van der Waals surface area contributed by atoms with Gasteiger partial charge >= 0.3 is 0 Å². The zero-order chi connectivity index (χ0) is 15.8. The van der Waals surface area contributed by atoms with Crippen LogP contribution in [-0.4, -0.2) is 36.7 Å². The van der Waals surface area contributed by atoms with Gasteiger partial charge in [-0.3, -0.25) is 0 Å². The first kappa shape index (κ1) is 17.7. The molecule has 120 valence electrons. The second kappa shape index (κ2) is 8.82. The van der Waals surface area contributed by atoms with Crippen LogP contribution in [0.25, 0.3) is 0 Å². The molecular weight excluding hydrogens is 264 g/mol. The lowest BCUT2D eigenvalue weighted by Gasteiger charge is -2.28. The monoisotopic (exact) mass is 294 g/mol. The van der Waals surface area contributed by atoms with Gasteiger partial charge in [0, 0.05) is 32.8 Å². The van der Waals surface area contributed by atoms with E-state index in [0.29, 0.717) is 25.0 Å². The highest BCUT2D eigenvalue weighted by molar-refractivity contribution is 5.49. The number of hydrogen-bond acceptors (Lipinski definition) is 5. The van der Waals surface area contributed by atoms with Gasteiger partial charge in [-0.1, -0.05) is 27.7 Å². The first-order valence-corrected chi connectivity index (χ1v) is 7.84. The smallest absolute Gasteiger partial charge is 0.158 e. The van der Waals surface area contributed by atoms with Crippen LogP contribution >= 0.6 is 0 Å². The van der Waals surface area contributed by atoms with Gasteiger partial charge in [0.25, 0.3) is 0 Å². The lowest BCUT2D eigenvalue weighted by molar-refractivity contribution is 0.128. The fraction of sp³-hybridized carbons (Fsp3) is 0.750. The van der Waals surface area contributed by atoms with Crippen molar-refractivity contribution in [3.63, 3.8) is 0 Å². The van der Waals surface area contributed by atoms with Gasteiger partial charge in [0.1, 0.15) is 18.2 Å². The molecule has 0 aliphatic heterocycles. The van der Waals surface area contributed by atoms with Crippen LogP contribution in [0, 0.1) is 11.8 Å². The first-order chi connectivity index (χ1) is 9.96. The molecule has 0 aromatic carbocycles. The molecule has 5 nitrogen and oxygen atoms in total. The molecule has 0 fully saturated rings. The average Bonchev–Trinajstić information content (AvgIpc) is 2.43. The van der Waals surface area contributed by atoms with Crippen LogP contribution in [-0.2, 0) is 11.3 Å². The van der Waals surface area contributed by atoms with Crippen LogP contribution in [0.5, 0.6) is 0 Å². The summed E-state index contributed by atoms with van der Waals surface area (Å²) in [6.45, 7) is 14.0. The van der Waals surface area contributed by atoms with Crippen molar-refractivity contribution >= 4 is 11.6 Å². The predicted octanol–water partition coefficient (Wildman–Crippen LogP) is 3.17. The molecule has 1 rings (SSSR count). The summed E-state index contributed by atoms with van der Waals surface area (Å²) in [5, 5.41) is 3.11. The summed E-state index contributed by atoms with van der Waals surface area (Å²) in [5.41, 5.74) is 0. The standard InChI is InChI=1S/C16H30N4O/c1-7-21-11-15-18-14(17-6)8-16(19-15)20(9-12(2)3)10-13(4)5/h8,12-13H,7,9-11H2,1-6H3,(H,17,18,19).